The van der Waals surface area contributed by atoms with Gasteiger partial charge >= 0.3 is 0 Å². The summed E-state index contributed by atoms with van der Waals surface area (Å²) in [6.45, 7) is 6.71. The third-order valence-electron chi connectivity index (χ3n) is 3.73. The van der Waals surface area contributed by atoms with Crippen LogP contribution < -0.4 is 11.0 Å². The second-order valence-corrected chi connectivity index (χ2v) is 7.05. The molecule has 1 aliphatic rings. The number of nitroso groups, excluding NO2 is 1. The smallest absolute Gasteiger partial charge is 0.272 e. The molecule has 1 fully saturated rings. The molecule has 0 radical (unpaired) electrons. The predicted molar refractivity (Wildman–Crippen MR) is 90.8 cm³/mol. The highest BCUT2D eigenvalue weighted by Gasteiger charge is 2.27. The minimum Gasteiger partial charge on any atom is -0.338 e. The molecule has 1 aliphatic heterocycles. The van der Waals surface area contributed by atoms with Gasteiger partial charge in [0.1, 0.15) is 0 Å². The summed E-state index contributed by atoms with van der Waals surface area (Å²) in [5.74, 6) is -0.0595. The molecule has 1 amide bonds. The molecule has 0 spiro atoms. The maximum absolute atomic E-state index is 12.4. The Labute approximate surface area is 147 Å². The highest BCUT2D eigenvalue weighted by atomic mass is 16.7. The lowest BCUT2D eigenvalue weighted by molar-refractivity contribution is -0.718. The van der Waals surface area contributed by atoms with Crippen LogP contribution in [0.2, 0.25) is 0 Å². The van der Waals surface area contributed by atoms with Crippen LogP contribution in [0.4, 0.5) is 0 Å². The fraction of sp³-hybridized carbons (Fsp3) is 0.529. The first-order valence-corrected chi connectivity index (χ1v) is 8.24. The topological polar surface area (TPSA) is 97.5 Å². The van der Waals surface area contributed by atoms with Gasteiger partial charge in [-0.3, -0.25) is 4.79 Å². The highest BCUT2D eigenvalue weighted by molar-refractivity contribution is 5.94. The van der Waals surface area contributed by atoms with Crippen molar-refractivity contribution >= 4 is 5.91 Å². The van der Waals surface area contributed by atoms with E-state index in [9.17, 15) is 9.70 Å². The SMILES string of the molecule is CC(C)(C)N[N+](=O)NOC1CCN(C(=O)c2ccc(C#N)cc2)CC1. The normalized spacial score (nSPS) is 15.4. The maximum Gasteiger partial charge on any atom is 0.272 e. The zero-order valence-corrected chi connectivity index (χ0v) is 14.8. The number of hydrazine groups is 2. The third-order valence-corrected chi connectivity index (χ3v) is 3.73. The summed E-state index contributed by atoms with van der Waals surface area (Å²) in [6, 6.07) is 8.64. The average molecular weight is 346 g/mol. The zero-order chi connectivity index (χ0) is 18.4. The van der Waals surface area contributed by atoms with E-state index in [2.05, 4.69) is 11.0 Å². The maximum atomic E-state index is 12.4. The summed E-state index contributed by atoms with van der Waals surface area (Å²) in [6.07, 6.45) is 1.14. The molecule has 8 nitrogen and oxygen atoms in total. The van der Waals surface area contributed by atoms with E-state index in [1.807, 2.05) is 26.8 Å². The summed E-state index contributed by atoms with van der Waals surface area (Å²) in [4.78, 5) is 31.6. The lowest BCUT2D eigenvalue weighted by atomic mass is 10.1. The van der Waals surface area contributed by atoms with Gasteiger partial charge in [-0.15, -0.1) is 5.43 Å². The Morgan fingerprint density at radius 3 is 2.40 bits per heavy atom. The monoisotopic (exact) mass is 346 g/mol. The average Bonchev–Trinajstić information content (AvgIpc) is 2.58. The molecule has 2 rings (SSSR count). The Balaban J connectivity index is 1.78. The van der Waals surface area contributed by atoms with Gasteiger partial charge in [0, 0.05) is 24.2 Å². The van der Waals surface area contributed by atoms with E-state index in [-0.39, 0.29) is 17.6 Å². The summed E-state index contributed by atoms with van der Waals surface area (Å²) < 4.78 is 0. The van der Waals surface area contributed by atoms with Gasteiger partial charge in [-0.05, 0) is 57.9 Å². The number of nitrogens with zero attached hydrogens (tertiary/aromatic N) is 3. The van der Waals surface area contributed by atoms with Crippen LogP contribution in [0, 0.1) is 16.2 Å². The molecule has 1 aromatic carbocycles. The molecule has 0 saturated carbocycles. The first-order valence-electron chi connectivity index (χ1n) is 8.24. The number of likely N-dealkylation sites (tertiary alicyclic amines) is 1. The number of carbonyl (C=O) groups is 1. The molecule has 8 heteroatoms. The molecule has 0 bridgehead atoms. The number of nitriles is 1. The van der Waals surface area contributed by atoms with Crippen LogP contribution in [0.3, 0.4) is 0 Å². The van der Waals surface area contributed by atoms with Crippen LogP contribution in [0.15, 0.2) is 24.3 Å². The number of hydrogen-bond acceptors (Lipinski definition) is 4. The number of piperidine rings is 1. The Hall–Kier alpha value is -2.66. The predicted octanol–water partition coefficient (Wildman–Crippen LogP) is 1.68. The summed E-state index contributed by atoms with van der Waals surface area (Å²) in [5.41, 5.74) is 5.73. The summed E-state index contributed by atoms with van der Waals surface area (Å²) in [7, 11) is 0. The lowest BCUT2D eigenvalue weighted by Gasteiger charge is -2.30. The van der Waals surface area contributed by atoms with Crippen molar-refractivity contribution in [1.29, 1.82) is 5.26 Å². The number of hydrogen-bond donors (Lipinski definition) is 2. The van der Waals surface area contributed by atoms with Crippen LogP contribution in [-0.4, -0.2) is 40.5 Å². The van der Waals surface area contributed by atoms with Gasteiger partial charge in [0.05, 0.1) is 28.2 Å². The second kappa shape index (κ2) is 7.94. The number of nitrogens with one attached hydrogen (secondary N) is 2. The van der Waals surface area contributed by atoms with Gasteiger partial charge in [0.2, 0.25) is 0 Å². The van der Waals surface area contributed by atoms with Gasteiger partial charge in [0.15, 0.2) is 0 Å². The van der Waals surface area contributed by atoms with E-state index in [4.69, 9.17) is 10.1 Å². The fourth-order valence-corrected chi connectivity index (χ4v) is 2.50. The minimum atomic E-state index is -0.366. The van der Waals surface area contributed by atoms with Crippen LogP contribution in [0.5, 0.6) is 0 Å². The molecular formula is C17H24N5O3+. The Morgan fingerprint density at radius 2 is 1.88 bits per heavy atom. The summed E-state index contributed by atoms with van der Waals surface area (Å²) >= 11 is 0. The first kappa shape index (κ1) is 18.7. The minimum absolute atomic E-state index is 0.0595. The van der Waals surface area contributed by atoms with Crippen LogP contribution >= 0.6 is 0 Å². The first-order chi connectivity index (χ1) is 11.8. The van der Waals surface area contributed by atoms with Crippen molar-refractivity contribution < 1.29 is 14.6 Å². The molecule has 0 aliphatic carbocycles. The van der Waals surface area contributed by atoms with Crippen molar-refractivity contribution in [2.75, 3.05) is 13.1 Å². The molecule has 1 heterocycles. The van der Waals surface area contributed by atoms with Crippen LogP contribution in [0.1, 0.15) is 49.5 Å². The molecular weight excluding hydrogens is 322 g/mol. The number of amides is 1. The molecule has 0 unspecified atom stereocenters. The van der Waals surface area contributed by atoms with Gasteiger partial charge < -0.3 is 4.90 Å². The molecule has 1 aromatic rings. The molecule has 0 aromatic heterocycles. The Kier molecular flexibility index (Phi) is 5.93. The van der Waals surface area contributed by atoms with Crippen molar-refractivity contribution in [1.82, 2.24) is 15.9 Å². The lowest BCUT2D eigenvalue weighted by Crippen LogP contribution is -2.50. The number of carbonyl (C=O) groups excluding carboxylic acids is 1. The van der Waals surface area contributed by atoms with Crippen molar-refractivity contribution in [2.45, 2.75) is 45.3 Å². The van der Waals surface area contributed by atoms with E-state index in [0.717, 1.165) is 0 Å². The van der Waals surface area contributed by atoms with E-state index in [0.29, 0.717) is 42.0 Å². The highest BCUT2D eigenvalue weighted by Crippen LogP contribution is 2.16. The van der Waals surface area contributed by atoms with E-state index in [1.165, 1.54) is 0 Å². The van der Waals surface area contributed by atoms with E-state index >= 15 is 0 Å². The quantitative estimate of drug-likeness (QED) is 0.622. The van der Waals surface area contributed by atoms with Crippen molar-refractivity contribution in [3.8, 4) is 6.07 Å². The van der Waals surface area contributed by atoms with Crippen molar-refractivity contribution in [3.05, 3.63) is 40.3 Å². The van der Waals surface area contributed by atoms with Gasteiger partial charge in [-0.25, -0.2) is 4.84 Å². The summed E-state index contributed by atoms with van der Waals surface area (Å²) in [5, 5.41) is 8.80. The molecule has 0 atom stereocenters. The van der Waals surface area contributed by atoms with Crippen molar-refractivity contribution in [2.24, 2.45) is 0 Å². The number of benzene rings is 1. The van der Waals surface area contributed by atoms with Gasteiger partial charge in [-0.1, -0.05) is 0 Å². The molecule has 2 N–H and O–H groups in total. The Bertz CT molecular complexity index is 652. The van der Waals surface area contributed by atoms with Crippen LogP contribution in [0.25, 0.3) is 0 Å². The largest absolute Gasteiger partial charge is 0.338 e. The van der Waals surface area contributed by atoms with Crippen LogP contribution in [-0.2, 0) is 4.84 Å². The molecule has 1 saturated heterocycles. The third kappa shape index (κ3) is 5.72. The number of rotatable bonds is 5. The molecule has 25 heavy (non-hydrogen) atoms. The van der Waals surface area contributed by atoms with E-state index < -0.39 is 0 Å². The fourth-order valence-electron chi connectivity index (χ4n) is 2.50. The van der Waals surface area contributed by atoms with Crippen molar-refractivity contribution in [3.63, 3.8) is 0 Å². The van der Waals surface area contributed by atoms with E-state index in [1.54, 1.807) is 29.2 Å². The standard InChI is InChI=1S/C17H24N5O3/c1-17(2,3)19-22(24)20-25-15-8-10-21(11-9-15)16(23)14-6-4-13(12-18)5-7-14/h4-7,15H,8-11H2,1-3H3,(H2,19,20,24)/q+1. The Morgan fingerprint density at radius 1 is 1.28 bits per heavy atom. The second-order valence-electron chi connectivity index (χ2n) is 7.05. The zero-order valence-electron chi connectivity index (χ0n) is 14.8. The van der Waals surface area contributed by atoms with Gasteiger partial charge in [-0.2, -0.15) is 5.26 Å². The molecule has 134 valence electrons. The van der Waals surface area contributed by atoms with Gasteiger partial charge in [0.25, 0.3) is 10.9 Å².